The largest absolute Gasteiger partial charge is 0.340 e. The molecule has 144 valence electrons. The molecule has 0 spiro atoms. The summed E-state index contributed by atoms with van der Waals surface area (Å²) < 4.78 is 0. The van der Waals surface area contributed by atoms with Crippen molar-refractivity contribution in [3.05, 3.63) is 78.0 Å². The summed E-state index contributed by atoms with van der Waals surface area (Å²) in [6.07, 6.45) is 2.44. The van der Waals surface area contributed by atoms with Gasteiger partial charge in [0.25, 0.3) is 0 Å². The molecule has 1 aliphatic rings. The van der Waals surface area contributed by atoms with Crippen LogP contribution in [0.25, 0.3) is 10.9 Å². The molecule has 1 aliphatic heterocycles. The first kappa shape index (κ1) is 18.6. The van der Waals surface area contributed by atoms with Gasteiger partial charge in [-0.2, -0.15) is 0 Å². The Labute approximate surface area is 166 Å². The lowest BCUT2D eigenvalue weighted by Crippen LogP contribution is -2.48. The minimum Gasteiger partial charge on any atom is -0.340 e. The Hall–Kier alpha value is -2.72. The van der Waals surface area contributed by atoms with E-state index >= 15 is 0 Å². The molecule has 1 saturated heterocycles. The molecule has 0 bridgehead atoms. The van der Waals surface area contributed by atoms with Crippen LogP contribution in [0.2, 0.25) is 0 Å². The first-order valence-electron chi connectivity index (χ1n) is 10.1. The van der Waals surface area contributed by atoms with Crippen molar-refractivity contribution in [2.24, 2.45) is 0 Å². The van der Waals surface area contributed by atoms with Crippen LogP contribution in [0.15, 0.2) is 66.9 Å². The van der Waals surface area contributed by atoms with Gasteiger partial charge in [0.2, 0.25) is 5.91 Å². The van der Waals surface area contributed by atoms with Crippen molar-refractivity contribution in [2.45, 2.75) is 25.8 Å². The molecule has 1 amide bonds. The molecule has 1 aromatic heterocycles. The number of amides is 1. The van der Waals surface area contributed by atoms with Gasteiger partial charge in [-0.15, -0.1) is 0 Å². The van der Waals surface area contributed by atoms with Crippen LogP contribution < -0.4 is 0 Å². The molecular weight excluding hydrogens is 346 g/mol. The van der Waals surface area contributed by atoms with Crippen molar-refractivity contribution in [2.75, 3.05) is 26.2 Å². The number of pyridine rings is 1. The zero-order chi connectivity index (χ0) is 19.3. The van der Waals surface area contributed by atoms with Gasteiger partial charge >= 0.3 is 0 Å². The zero-order valence-electron chi connectivity index (χ0n) is 16.4. The smallest absolute Gasteiger partial charge is 0.223 e. The quantitative estimate of drug-likeness (QED) is 0.676. The van der Waals surface area contributed by atoms with Gasteiger partial charge in [0, 0.05) is 50.7 Å². The molecule has 1 atom stereocenters. The number of carbonyl (C=O) groups is 1. The van der Waals surface area contributed by atoms with Crippen molar-refractivity contribution in [3.8, 4) is 0 Å². The molecule has 4 nitrogen and oxygen atoms in total. The van der Waals surface area contributed by atoms with Crippen molar-refractivity contribution in [1.29, 1.82) is 0 Å². The van der Waals surface area contributed by atoms with E-state index in [1.165, 1.54) is 16.5 Å². The van der Waals surface area contributed by atoms with Crippen LogP contribution in [0.5, 0.6) is 0 Å². The number of hydrogen-bond acceptors (Lipinski definition) is 3. The van der Waals surface area contributed by atoms with Crippen molar-refractivity contribution in [1.82, 2.24) is 14.8 Å². The first-order chi connectivity index (χ1) is 13.7. The highest BCUT2D eigenvalue weighted by molar-refractivity contribution is 5.81. The molecule has 4 heteroatoms. The van der Waals surface area contributed by atoms with Crippen LogP contribution in [-0.2, 0) is 11.3 Å². The monoisotopic (exact) mass is 373 g/mol. The van der Waals surface area contributed by atoms with E-state index in [1.54, 1.807) is 0 Å². The first-order valence-corrected chi connectivity index (χ1v) is 10.1. The number of aromatic nitrogens is 1. The van der Waals surface area contributed by atoms with E-state index in [0.29, 0.717) is 6.42 Å². The molecule has 28 heavy (non-hydrogen) atoms. The van der Waals surface area contributed by atoms with Crippen LogP contribution in [0, 0.1) is 0 Å². The standard InChI is InChI=1S/C24H27N3O/c1-19(20-7-3-2-4-8-20)17-23(28)27-15-13-26(14-16-27)18-22-10-5-9-21-11-6-12-25-24(21)22/h2-12,19H,13-18H2,1H3/t19-/m1/s1. The van der Waals surface area contributed by atoms with Crippen LogP contribution in [0.3, 0.4) is 0 Å². The number of piperazine rings is 1. The van der Waals surface area contributed by atoms with E-state index in [1.807, 2.05) is 35.4 Å². The molecule has 3 aromatic rings. The number of rotatable bonds is 5. The molecule has 2 heterocycles. The van der Waals surface area contributed by atoms with Crippen molar-refractivity contribution in [3.63, 3.8) is 0 Å². The van der Waals surface area contributed by atoms with Gasteiger partial charge < -0.3 is 4.90 Å². The second-order valence-electron chi connectivity index (χ2n) is 7.67. The Bertz CT molecular complexity index is 927. The lowest BCUT2D eigenvalue weighted by molar-refractivity contribution is -0.133. The Morgan fingerprint density at radius 2 is 1.71 bits per heavy atom. The Balaban J connectivity index is 1.32. The summed E-state index contributed by atoms with van der Waals surface area (Å²) >= 11 is 0. The maximum Gasteiger partial charge on any atom is 0.223 e. The fraction of sp³-hybridized carbons (Fsp3) is 0.333. The Kier molecular flexibility index (Phi) is 5.68. The van der Waals surface area contributed by atoms with Gasteiger partial charge in [0.1, 0.15) is 0 Å². The summed E-state index contributed by atoms with van der Waals surface area (Å²) in [6.45, 7) is 6.45. The minimum absolute atomic E-state index is 0.258. The third kappa shape index (κ3) is 4.23. The average Bonchev–Trinajstić information content (AvgIpc) is 2.75. The summed E-state index contributed by atoms with van der Waals surface area (Å²) in [5.74, 6) is 0.524. The van der Waals surface area contributed by atoms with Gasteiger partial charge in [-0.05, 0) is 23.1 Å². The summed E-state index contributed by atoms with van der Waals surface area (Å²) in [7, 11) is 0. The highest BCUT2D eigenvalue weighted by atomic mass is 16.2. The second kappa shape index (κ2) is 8.53. The number of fused-ring (bicyclic) bond motifs is 1. The van der Waals surface area contributed by atoms with E-state index in [-0.39, 0.29) is 11.8 Å². The maximum atomic E-state index is 12.7. The van der Waals surface area contributed by atoms with E-state index in [9.17, 15) is 4.79 Å². The minimum atomic E-state index is 0.258. The van der Waals surface area contributed by atoms with E-state index < -0.39 is 0 Å². The fourth-order valence-corrected chi connectivity index (χ4v) is 3.98. The zero-order valence-corrected chi connectivity index (χ0v) is 16.4. The Morgan fingerprint density at radius 3 is 2.50 bits per heavy atom. The van der Waals surface area contributed by atoms with E-state index in [4.69, 9.17) is 0 Å². The van der Waals surface area contributed by atoms with Gasteiger partial charge in [-0.1, -0.05) is 61.5 Å². The summed E-state index contributed by atoms with van der Waals surface area (Å²) in [5.41, 5.74) is 3.58. The molecular formula is C24H27N3O. The maximum absolute atomic E-state index is 12.7. The Morgan fingerprint density at radius 1 is 0.964 bits per heavy atom. The van der Waals surface area contributed by atoms with Crippen molar-refractivity contribution >= 4 is 16.8 Å². The topological polar surface area (TPSA) is 36.4 Å². The third-order valence-electron chi connectivity index (χ3n) is 5.68. The molecule has 0 saturated carbocycles. The second-order valence-corrected chi connectivity index (χ2v) is 7.67. The molecule has 2 aromatic carbocycles. The highest BCUT2D eigenvalue weighted by Crippen LogP contribution is 2.21. The highest BCUT2D eigenvalue weighted by Gasteiger charge is 2.23. The molecule has 0 N–H and O–H groups in total. The lowest BCUT2D eigenvalue weighted by Gasteiger charge is -2.35. The van der Waals surface area contributed by atoms with Gasteiger partial charge in [0.05, 0.1) is 5.52 Å². The van der Waals surface area contributed by atoms with E-state index in [0.717, 1.165) is 38.2 Å². The summed E-state index contributed by atoms with van der Waals surface area (Å²) in [6, 6.07) is 20.8. The number of hydrogen-bond donors (Lipinski definition) is 0. The number of para-hydroxylation sites is 1. The SMILES string of the molecule is C[C@H](CC(=O)N1CCN(Cc2cccc3cccnc23)CC1)c1ccccc1. The predicted octanol–water partition coefficient (Wildman–Crippen LogP) is 4.07. The van der Waals surface area contributed by atoms with Gasteiger partial charge in [-0.3, -0.25) is 14.7 Å². The molecule has 1 fully saturated rings. The van der Waals surface area contributed by atoms with Gasteiger partial charge in [-0.25, -0.2) is 0 Å². The molecule has 0 aliphatic carbocycles. The fourth-order valence-electron chi connectivity index (χ4n) is 3.98. The summed E-state index contributed by atoms with van der Waals surface area (Å²) in [5, 5.41) is 1.18. The van der Waals surface area contributed by atoms with Gasteiger partial charge in [0.15, 0.2) is 0 Å². The van der Waals surface area contributed by atoms with Crippen LogP contribution in [0.4, 0.5) is 0 Å². The molecule has 4 rings (SSSR count). The predicted molar refractivity (Wildman–Crippen MR) is 113 cm³/mol. The third-order valence-corrected chi connectivity index (χ3v) is 5.68. The number of nitrogens with zero attached hydrogens (tertiary/aromatic N) is 3. The van der Waals surface area contributed by atoms with E-state index in [2.05, 4.69) is 53.2 Å². The van der Waals surface area contributed by atoms with Crippen LogP contribution >= 0.6 is 0 Å². The normalized spacial score (nSPS) is 16.2. The van der Waals surface area contributed by atoms with Crippen LogP contribution in [-0.4, -0.2) is 46.9 Å². The summed E-state index contributed by atoms with van der Waals surface area (Å²) in [4.78, 5) is 21.7. The number of benzene rings is 2. The average molecular weight is 374 g/mol. The lowest BCUT2D eigenvalue weighted by atomic mass is 9.97. The van der Waals surface area contributed by atoms with Crippen LogP contribution in [0.1, 0.15) is 30.4 Å². The molecule has 0 unspecified atom stereocenters. The number of carbonyl (C=O) groups excluding carboxylic acids is 1. The van der Waals surface area contributed by atoms with Crippen molar-refractivity contribution < 1.29 is 4.79 Å². The molecule has 0 radical (unpaired) electrons.